The molecule has 0 aliphatic heterocycles. The van der Waals surface area contributed by atoms with Crippen LogP contribution in [0.5, 0.6) is 0 Å². The van der Waals surface area contributed by atoms with E-state index in [1.54, 1.807) is 11.3 Å². The van der Waals surface area contributed by atoms with Crippen molar-refractivity contribution in [2.75, 3.05) is 5.32 Å². The van der Waals surface area contributed by atoms with E-state index in [0.717, 1.165) is 18.4 Å². The number of carbonyl (C=O) groups excluding carboxylic acids is 2. The molecule has 2 heterocycles. The van der Waals surface area contributed by atoms with E-state index in [-0.39, 0.29) is 11.7 Å². The number of carbonyl (C=O) groups is 2. The van der Waals surface area contributed by atoms with Crippen molar-refractivity contribution < 1.29 is 14.0 Å². The number of furan rings is 1. The van der Waals surface area contributed by atoms with Gasteiger partial charge in [0.25, 0.3) is 5.91 Å². The number of rotatable bonds is 6. The van der Waals surface area contributed by atoms with E-state index in [1.807, 2.05) is 36.6 Å². The van der Waals surface area contributed by atoms with Crippen molar-refractivity contribution in [1.29, 1.82) is 0 Å². The van der Waals surface area contributed by atoms with E-state index in [4.69, 9.17) is 10.2 Å². The van der Waals surface area contributed by atoms with Gasteiger partial charge in [-0.25, -0.2) is 0 Å². The maximum absolute atomic E-state index is 12.2. The topological polar surface area (TPSA) is 85.3 Å². The third-order valence-electron chi connectivity index (χ3n) is 3.74. The number of primary amides is 1. The van der Waals surface area contributed by atoms with Gasteiger partial charge in [0.2, 0.25) is 11.7 Å². The van der Waals surface area contributed by atoms with Crippen LogP contribution in [0.15, 0.2) is 40.1 Å². The fraction of sp³-hybridized carbons (Fsp3) is 0.222. The maximum atomic E-state index is 12.2. The lowest BCUT2D eigenvalue weighted by atomic mass is 10.1. The second-order valence-corrected chi connectivity index (χ2v) is 6.68. The Hall–Kier alpha value is -2.60. The molecule has 3 N–H and O–H groups in total. The van der Waals surface area contributed by atoms with Gasteiger partial charge in [0.05, 0.1) is 0 Å². The van der Waals surface area contributed by atoms with Crippen molar-refractivity contribution in [3.8, 4) is 0 Å². The minimum absolute atomic E-state index is 0.0118. The highest BCUT2D eigenvalue weighted by atomic mass is 32.1. The molecule has 0 fully saturated rings. The molecule has 0 aliphatic carbocycles. The average Bonchev–Trinajstić information content (AvgIpc) is 3.15. The predicted octanol–water partition coefficient (Wildman–Crippen LogP) is 3.86. The molecule has 6 heteroatoms. The molecular weight excluding hydrogens is 324 g/mol. The summed E-state index contributed by atoms with van der Waals surface area (Å²) < 4.78 is 5.52. The number of hydrogen-bond acceptors (Lipinski definition) is 4. The first-order chi connectivity index (χ1) is 11.5. The lowest BCUT2D eigenvalue weighted by Crippen LogP contribution is -2.16. The van der Waals surface area contributed by atoms with Crippen LogP contribution in [0.4, 0.5) is 5.69 Å². The molecule has 2 aromatic heterocycles. The molecule has 0 saturated carbocycles. The smallest absolute Gasteiger partial charge is 0.286 e. The fourth-order valence-electron chi connectivity index (χ4n) is 2.58. The number of benzene rings is 1. The highest BCUT2D eigenvalue weighted by molar-refractivity contribution is 7.09. The normalized spacial score (nSPS) is 10.9. The van der Waals surface area contributed by atoms with Gasteiger partial charge in [-0.3, -0.25) is 9.59 Å². The molecular formula is C18H18N2O3S. The summed E-state index contributed by atoms with van der Waals surface area (Å²) in [5, 5.41) is 5.49. The van der Waals surface area contributed by atoms with Crippen LogP contribution >= 0.6 is 11.3 Å². The first-order valence-electron chi connectivity index (χ1n) is 7.70. The van der Waals surface area contributed by atoms with Crippen LogP contribution in [0.25, 0.3) is 11.0 Å². The summed E-state index contributed by atoms with van der Waals surface area (Å²) in [7, 11) is 0. The number of nitrogens with one attached hydrogen (secondary N) is 1. The third kappa shape index (κ3) is 3.49. The van der Waals surface area contributed by atoms with E-state index < -0.39 is 5.91 Å². The monoisotopic (exact) mass is 342 g/mol. The van der Waals surface area contributed by atoms with Gasteiger partial charge >= 0.3 is 0 Å². The quantitative estimate of drug-likeness (QED) is 0.713. The first kappa shape index (κ1) is 16.3. The minimum atomic E-state index is -0.697. The number of nitrogens with two attached hydrogens (primary N) is 1. The van der Waals surface area contributed by atoms with Crippen molar-refractivity contribution in [3.63, 3.8) is 0 Å². The Balaban J connectivity index is 1.74. The molecule has 0 spiro atoms. The Morgan fingerprint density at radius 3 is 2.83 bits per heavy atom. The molecule has 24 heavy (non-hydrogen) atoms. The molecule has 0 bridgehead atoms. The van der Waals surface area contributed by atoms with Gasteiger partial charge in [0, 0.05) is 16.7 Å². The van der Waals surface area contributed by atoms with Gasteiger partial charge < -0.3 is 15.5 Å². The van der Waals surface area contributed by atoms with Crippen molar-refractivity contribution >= 4 is 39.8 Å². The van der Waals surface area contributed by atoms with Crippen LogP contribution in [0.2, 0.25) is 0 Å². The largest absolute Gasteiger partial charge is 0.449 e. The summed E-state index contributed by atoms with van der Waals surface area (Å²) >= 11 is 1.68. The second kappa shape index (κ2) is 6.88. The van der Waals surface area contributed by atoms with Crippen LogP contribution in [-0.2, 0) is 11.2 Å². The van der Waals surface area contributed by atoms with Crippen molar-refractivity contribution in [3.05, 3.63) is 51.9 Å². The predicted molar refractivity (Wildman–Crippen MR) is 95.4 cm³/mol. The van der Waals surface area contributed by atoms with Crippen molar-refractivity contribution in [2.45, 2.75) is 26.2 Å². The number of anilines is 1. The molecule has 0 radical (unpaired) electrons. The summed E-state index contributed by atoms with van der Waals surface area (Å²) in [6, 6.07) is 9.59. The zero-order valence-corrected chi connectivity index (χ0v) is 14.1. The van der Waals surface area contributed by atoms with Gasteiger partial charge in [-0.05, 0) is 48.9 Å². The van der Waals surface area contributed by atoms with Crippen LogP contribution in [0.3, 0.4) is 0 Å². The Bertz CT molecular complexity index is 881. The summed E-state index contributed by atoms with van der Waals surface area (Å²) in [4.78, 5) is 25.1. The number of aryl methyl sites for hydroxylation is 2. The van der Waals surface area contributed by atoms with Gasteiger partial charge in [0.15, 0.2) is 0 Å². The zero-order chi connectivity index (χ0) is 17.1. The Morgan fingerprint density at radius 2 is 2.12 bits per heavy atom. The molecule has 0 aliphatic rings. The molecule has 2 amide bonds. The molecule has 1 aromatic carbocycles. The summed E-state index contributed by atoms with van der Waals surface area (Å²) in [6.45, 7) is 1.93. The summed E-state index contributed by atoms with van der Waals surface area (Å²) in [5.41, 5.74) is 7.27. The highest BCUT2D eigenvalue weighted by Crippen LogP contribution is 2.31. The summed E-state index contributed by atoms with van der Waals surface area (Å²) in [5.74, 6) is -0.864. The number of thiophene rings is 1. The van der Waals surface area contributed by atoms with Gasteiger partial charge in [-0.1, -0.05) is 12.1 Å². The van der Waals surface area contributed by atoms with Gasteiger partial charge in [0.1, 0.15) is 11.3 Å². The van der Waals surface area contributed by atoms with E-state index >= 15 is 0 Å². The minimum Gasteiger partial charge on any atom is -0.449 e. The van der Waals surface area contributed by atoms with Gasteiger partial charge in [-0.15, -0.1) is 11.3 Å². The van der Waals surface area contributed by atoms with E-state index in [0.29, 0.717) is 23.1 Å². The standard InChI is InChI=1S/C18H18N2O3S/c1-11-7-8-13-14(10-11)23-17(18(19)22)16(13)20-15(21)6-2-4-12-5-3-9-24-12/h3,5,7-10H,2,4,6H2,1H3,(H2,19,22)(H,20,21). The Morgan fingerprint density at radius 1 is 1.29 bits per heavy atom. The third-order valence-corrected chi connectivity index (χ3v) is 4.68. The molecule has 0 saturated heterocycles. The van der Waals surface area contributed by atoms with Crippen LogP contribution in [0, 0.1) is 6.92 Å². The Kier molecular flexibility index (Phi) is 4.66. The first-order valence-corrected chi connectivity index (χ1v) is 8.58. The summed E-state index contributed by atoms with van der Waals surface area (Å²) in [6.07, 6.45) is 1.97. The molecule has 3 rings (SSSR count). The van der Waals surface area contributed by atoms with Crippen molar-refractivity contribution in [1.82, 2.24) is 0 Å². The van der Waals surface area contributed by atoms with Crippen LogP contribution < -0.4 is 11.1 Å². The number of fused-ring (bicyclic) bond motifs is 1. The lowest BCUT2D eigenvalue weighted by Gasteiger charge is -2.05. The number of amides is 2. The fourth-order valence-corrected chi connectivity index (χ4v) is 3.33. The van der Waals surface area contributed by atoms with Crippen LogP contribution in [0.1, 0.15) is 33.8 Å². The van der Waals surface area contributed by atoms with E-state index in [1.165, 1.54) is 4.88 Å². The molecule has 0 unspecified atom stereocenters. The lowest BCUT2D eigenvalue weighted by molar-refractivity contribution is -0.116. The van der Waals surface area contributed by atoms with Gasteiger partial charge in [-0.2, -0.15) is 0 Å². The van der Waals surface area contributed by atoms with Crippen molar-refractivity contribution in [2.24, 2.45) is 5.73 Å². The van der Waals surface area contributed by atoms with Crippen LogP contribution in [-0.4, -0.2) is 11.8 Å². The molecule has 124 valence electrons. The molecule has 0 atom stereocenters. The SMILES string of the molecule is Cc1ccc2c(NC(=O)CCCc3cccs3)c(C(N)=O)oc2c1. The zero-order valence-electron chi connectivity index (χ0n) is 13.3. The highest BCUT2D eigenvalue weighted by Gasteiger charge is 2.20. The van der Waals surface area contributed by atoms with E-state index in [2.05, 4.69) is 11.4 Å². The number of hydrogen-bond donors (Lipinski definition) is 2. The Labute approximate surface area is 143 Å². The molecule has 3 aromatic rings. The second-order valence-electron chi connectivity index (χ2n) is 5.65. The average molecular weight is 342 g/mol. The maximum Gasteiger partial charge on any atom is 0.286 e. The van der Waals surface area contributed by atoms with E-state index in [9.17, 15) is 9.59 Å². The molecule has 5 nitrogen and oxygen atoms in total.